The molecule has 1 aliphatic carbocycles. The van der Waals surface area contributed by atoms with Gasteiger partial charge in [-0.1, -0.05) is 257 Å². The predicted molar refractivity (Wildman–Crippen MR) is 274 cm³/mol. The lowest BCUT2D eigenvalue weighted by atomic mass is 9.85. The number of hydrogen-bond acceptors (Lipinski definition) is 10. The molecule has 1 saturated carbocycles. The van der Waals surface area contributed by atoms with Crippen LogP contribution in [0.1, 0.15) is 271 Å². The minimum absolute atomic E-state index is 0.219. The van der Waals surface area contributed by atoms with Crippen molar-refractivity contribution in [3.05, 3.63) is 12.2 Å². The largest absolute Gasteiger partial charge is 0.472 e. The molecule has 0 aromatic carbocycles. The fourth-order valence-electron chi connectivity index (χ4n) is 9.26. The van der Waals surface area contributed by atoms with Crippen molar-refractivity contribution in [1.82, 2.24) is 5.32 Å². The van der Waals surface area contributed by atoms with E-state index in [4.69, 9.17) is 9.05 Å². The highest BCUT2D eigenvalue weighted by molar-refractivity contribution is 7.47. The molecule has 1 fully saturated rings. The highest BCUT2D eigenvalue weighted by atomic mass is 31.2. The Labute approximate surface area is 409 Å². The Morgan fingerprint density at radius 1 is 0.493 bits per heavy atom. The zero-order valence-corrected chi connectivity index (χ0v) is 43.9. The number of aliphatic hydroxyl groups excluding tert-OH is 6. The van der Waals surface area contributed by atoms with E-state index in [2.05, 4.69) is 19.2 Å². The van der Waals surface area contributed by atoms with Gasteiger partial charge in [0, 0.05) is 6.42 Å². The molecule has 0 heterocycles. The second-order valence-electron chi connectivity index (χ2n) is 20.1. The van der Waals surface area contributed by atoms with Crippen LogP contribution in [0.25, 0.3) is 0 Å². The predicted octanol–water partition coefficient (Wildman–Crippen LogP) is 12.4. The third-order valence-corrected chi connectivity index (χ3v) is 14.8. The summed E-state index contributed by atoms with van der Waals surface area (Å²) in [4.78, 5) is 23.5. The fraction of sp³-hybridized carbons (Fsp3) is 0.944. The molecule has 0 aromatic heterocycles. The van der Waals surface area contributed by atoms with Crippen molar-refractivity contribution in [3.8, 4) is 0 Å². The molecule has 0 radical (unpaired) electrons. The molecule has 0 bridgehead atoms. The lowest BCUT2D eigenvalue weighted by molar-refractivity contribution is -0.220. The third kappa shape index (κ3) is 34.9. The number of unbranched alkanes of at least 4 members (excludes halogenated alkanes) is 37. The number of aliphatic hydroxyl groups is 6. The van der Waals surface area contributed by atoms with E-state index in [9.17, 15) is 44.9 Å². The second-order valence-corrected chi connectivity index (χ2v) is 21.6. The SMILES string of the molecule is CCCCCCCCCCCCCCC/C=C/[C@@H](O)[C@H](COP(=O)(O)OC1C(O)C(O)C(O)[C@@H](O)C1O)NC(=O)CCCCCCCCCCCCCCCCCCCCCCCCCCC. The zero-order valence-electron chi connectivity index (χ0n) is 43.0. The van der Waals surface area contributed by atoms with Gasteiger partial charge in [0.15, 0.2) is 0 Å². The normalized spacial score (nSPS) is 21.7. The van der Waals surface area contributed by atoms with Gasteiger partial charge in [-0.3, -0.25) is 13.8 Å². The van der Waals surface area contributed by atoms with E-state index in [0.717, 1.165) is 44.9 Å². The van der Waals surface area contributed by atoms with Crippen LogP contribution in [0.4, 0.5) is 0 Å². The van der Waals surface area contributed by atoms with Gasteiger partial charge in [-0.15, -0.1) is 0 Å². The van der Waals surface area contributed by atoms with E-state index in [-0.39, 0.29) is 12.3 Å². The summed E-state index contributed by atoms with van der Waals surface area (Å²) < 4.78 is 23.0. The average Bonchev–Trinajstić information content (AvgIpc) is 3.31. The van der Waals surface area contributed by atoms with Gasteiger partial charge < -0.3 is 40.8 Å². The molecule has 6 unspecified atom stereocenters. The van der Waals surface area contributed by atoms with Gasteiger partial charge in [-0.2, -0.15) is 0 Å². The van der Waals surface area contributed by atoms with Crippen LogP contribution in [0.3, 0.4) is 0 Å². The molecule has 0 aliphatic heterocycles. The van der Waals surface area contributed by atoms with E-state index in [1.54, 1.807) is 6.08 Å². The van der Waals surface area contributed by atoms with Crippen LogP contribution in [0.5, 0.6) is 0 Å². The van der Waals surface area contributed by atoms with Crippen LogP contribution in [0.15, 0.2) is 12.2 Å². The summed E-state index contributed by atoms with van der Waals surface area (Å²) >= 11 is 0. The van der Waals surface area contributed by atoms with Crippen molar-refractivity contribution in [2.24, 2.45) is 0 Å². The number of rotatable bonds is 48. The maximum atomic E-state index is 13.0. The number of hydrogen-bond donors (Lipinski definition) is 8. The van der Waals surface area contributed by atoms with Gasteiger partial charge in [0.05, 0.1) is 18.8 Å². The number of carbonyl (C=O) groups excluding carboxylic acids is 1. The first-order valence-corrected chi connectivity index (χ1v) is 29.6. The van der Waals surface area contributed by atoms with Crippen LogP contribution in [0, 0.1) is 0 Å². The number of nitrogens with one attached hydrogen (secondary N) is 1. The Morgan fingerprint density at radius 2 is 0.791 bits per heavy atom. The monoisotopic (exact) mass is 976 g/mol. The molecule has 9 atom stereocenters. The first-order valence-electron chi connectivity index (χ1n) is 28.1. The summed E-state index contributed by atoms with van der Waals surface area (Å²) in [5, 5.41) is 64.2. The molecule has 13 heteroatoms. The third-order valence-electron chi connectivity index (χ3n) is 13.8. The molecular weight excluding hydrogens is 870 g/mol. The van der Waals surface area contributed by atoms with Crippen LogP contribution >= 0.6 is 7.82 Å². The van der Waals surface area contributed by atoms with E-state index >= 15 is 0 Å². The highest BCUT2D eigenvalue weighted by Gasteiger charge is 2.51. The average molecular weight is 976 g/mol. The maximum absolute atomic E-state index is 13.0. The van der Waals surface area contributed by atoms with E-state index in [1.807, 2.05) is 6.08 Å². The highest BCUT2D eigenvalue weighted by Crippen LogP contribution is 2.47. The Balaban J connectivity index is 2.32. The van der Waals surface area contributed by atoms with Crippen molar-refractivity contribution in [1.29, 1.82) is 0 Å². The summed E-state index contributed by atoms with van der Waals surface area (Å²) in [5.41, 5.74) is 0. The molecule has 1 rings (SSSR count). The lowest BCUT2D eigenvalue weighted by Gasteiger charge is -2.41. The Hall–Kier alpha value is -0.920. The molecule has 1 aliphatic rings. The molecule has 398 valence electrons. The Kier molecular flexibility index (Phi) is 41.9. The van der Waals surface area contributed by atoms with Crippen molar-refractivity contribution >= 4 is 13.7 Å². The van der Waals surface area contributed by atoms with E-state index in [0.29, 0.717) is 6.42 Å². The van der Waals surface area contributed by atoms with Gasteiger partial charge in [-0.25, -0.2) is 4.57 Å². The summed E-state index contributed by atoms with van der Waals surface area (Å²) in [5.74, 6) is -0.335. The molecule has 0 aromatic rings. The summed E-state index contributed by atoms with van der Waals surface area (Å²) in [6.07, 6.45) is 40.0. The quantitative estimate of drug-likeness (QED) is 0.0164. The minimum Gasteiger partial charge on any atom is -0.387 e. The van der Waals surface area contributed by atoms with E-state index < -0.39 is 63.2 Å². The molecule has 8 N–H and O–H groups in total. The van der Waals surface area contributed by atoms with Crippen molar-refractivity contribution in [2.45, 2.75) is 319 Å². The summed E-state index contributed by atoms with van der Waals surface area (Å²) in [6, 6.07) is -1.11. The van der Waals surface area contributed by atoms with Gasteiger partial charge >= 0.3 is 7.82 Å². The Bertz CT molecular complexity index is 1180. The molecule has 67 heavy (non-hydrogen) atoms. The van der Waals surface area contributed by atoms with E-state index in [1.165, 1.54) is 199 Å². The standard InChI is InChI=1S/C54H106NO11P/c1-3-5-7-9-11-13-15-17-19-20-21-22-23-24-25-26-27-28-30-32-34-36-38-40-42-44-48(57)55-46(45-65-67(63,64)66-54-52(61)50(59)49(58)51(60)53(54)62)47(56)43-41-39-37-35-33-31-29-18-16-14-12-10-8-6-4-2/h41,43,46-47,49-54,56,58-62H,3-40,42,44-45H2,1-2H3,(H,55,57)(H,63,64)/b43-41+/t46-,47+,49?,50+,51?,52?,53?,54?/m0/s1. The zero-order chi connectivity index (χ0) is 49.2. The minimum atomic E-state index is -5.08. The number of phosphoric ester groups is 1. The molecular formula is C54H106NO11P. The van der Waals surface area contributed by atoms with Crippen LogP contribution in [-0.4, -0.2) is 96.8 Å². The molecule has 1 amide bonds. The summed E-state index contributed by atoms with van der Waals surface area (Å²) in [7, 11) is -5.08. The second kappa shape index (κ2) is 43.8. The summed E-state index contributed by atoms with van der Waals surface area (Å²) in [6.45, 7) is 3.88. The maximum Gasteiger partial charge on any atom is 0.472 e. The van der Waals surface area contributed by atoms with Crippen molar-refractivity contribution < 1.29 is 53.9 Å². The molecule has 0 spiro atoms. The number of carbonyl (C=O) groups is 1. The van der Waals surface area contributed by atoms with Gasteiger partial charge in [0.2, 0.25) is 5.91 Å². The lowest BCUT2D eigenvalue weighted by Crippen LogP contribution is -2.64. The number of amides is 1. The van der Waals surface area contributed by atoms with Crippen LogP contribution in [-0.2, 0) is 18.4 Å². The fourth-order valence-corrected chi connectivity index (χ4v) is 10.2. The van der Waals surface area contributed by atoms with Crippen LogP contribution < -0.4 is 5.32 Å². The number of allylic oxidation sites excluding steroid dienone is 1. The van der Waals surface area contributed by atoms with Crippen LogP contribution in [0.2, 0.25) is 0 Å². The molecule has 0 saturated heterocycles. The Morgan fingerprint density at radius 3 is 1.13 bits per heavy atom. The van der Waals surface area contributed by atoms with Crippen molar-refractivity contribution in [3.63, 3.8) is 0 Å². The first-order chi connectivity index (χ1) is 32.4. The van der Waals surface area contributed by atoms with Gasteiger partial charge in [0.1, 0.15) is 36.6 Å². The first kappa shape index (κ1) is 64.1. The number of phosphoric acid groups is 1. The topological polar surface area (TPSA) is 206 Å². The molecule has 12 nitrogen and oxygen atoms in total. The van der Waals surface area contributed by atoms with Crippen molar-refractivity contribution in [2.75, 3.05) is 6.61 Å². The smallest absolute Gasteiger partial charge is 0.387 e. The van der Waals surface area contributed by atoms with Gasteiger partial charge in [-0.05, 0) is 19.3 Å². The van der Waals surface area contributed by atoms with Gasteiger partial charge in [0.25, 0.3) is 0 Å².